The van der Waals surface area contributed by atoms with E-state index in [-0.39, 0.29) is 5.91 Å². The van der Waals surface area contributed by atoms with Crippen molar-refractivity contribution in [2.75, 3.05) is 6.54 Å². The molecule has 0 radical (unpaired) electrons. The molecule has 0 aromatic carbocycles. The van der Waals surface area contributed by atoms with E-state index in [0.717, 1.165) is 11.4 Å². The third-order valence-corrected chi connectivity index (χ3v) is 4.11. The van der Waals surface area contributed by atoms with Crippen LogP contribution in [0.2, 0.25) is 0 Å². The summed E-state index contributed by atoms with van der Waals surface area (Å²) in [7, 11) is 0. The highest BCUT2D eigenvalue weighted by Crippen LogP contribution is 2.31. The fraction of sp³-hybridized carbons (Fsp3) is 0.625. The summed E-state index contributed by atoms with van der Waals surface area (Å²) in [5, 5.41) is 0. The van der Waals surface area contributed by atoms with E-state index < -0.39 is 11.0 Å². The molecule has 4 heteroatoms. The standard InChI is InChI=1S/C16H27N3O/c1-7-19(11-13-10-8-9-12(2)18-13)14(20)15(3,4)16(5,6)17/h8-10H,7,11,17H2,1-6H3. The van der Waals surface area contributed by atoms with E-state index >= 15 is 0 Å². The number of carbonyl (C=O) groups is 1. The third kappa shape index (κ3) is 3.57. The minimum Gasteiger partial charge on any atom is -0.337 e. The summed E-state index contributed by atoms with van der Waals surface area (Å²) in [6.45, 7) is 12.7. The summed E-state index contributed by atoms with van der Waals surface area (Å²) in [5.41, 5.74) is 6.84. The largest absolute Gasteiger partial charge is 0.337 e. The van der Waals surface area contributed by atoms with Crippen molar-refractivity contribution >= 4 is 5.91 Å². The highest BCUT2D eigenvalue weighted by atomic mass is 16.2. The first-order valence-corrected chi connectivity index (χ1v) is 7.10. The lowest BCUT2D eigenvalue weighted by Crippen LogP contribution is -2.56. The zero-order valence-electron chi connectivity index (χ0n) is 13.5. The van der Waals surface area contributed by atoms with Crippen LogP contribution in [0.3, 0.4) is 0 Å². The molecule has 1 aromatic rings. The number of nitrogens with zero attached hydrogens (tertiary/aromatic N) is 2. The smallest absolute Gasteiger partial charge is 0.230 e. The SMILES string of the molecule is CCN(Cc1cccc(C)n1)C(=O)C(C)(C)C(C)(C)N. The van der Waals surface area contributed by atoms with Gasteiger partial charge in [-0.2, -0.15) is 0 Å². The molecule has 1 heterocycles. The topological polar surface area (TPSA) is 59.2 Å². The van der Waals surface area contributed by atoms with Crippen LogP contribution in [-0.4, -0.2) is 27.9 Å². The second kappa shape index (κ2) is 5.92. The Balaban J connectivity index is 2.94. The zero-order valence-corrected chi connectivity index (χ0v) is 13.5. The predicted octanol–water partition coefficient (Wildman–Crippen LogP) is 2.50. The van der Waals surface area contributed by atoms with Gasteiger partial charge in [0.1, 0.15) is 0 Å². The van der Waals surface area contributed by atoms with Gasteiger partial charge in [0.05, 0.1) is 17.7 Å². The molecule has 1 aromatic heterocycles. The molecule has 0 aliphatic rings. The van der Waals surface area contributed by atoms with Crippen molar-refractivity contribution in [3.63, 3.8) is 0 Å². The van der Waals surface area contributed by atoms with Gasteiger partial charge in [0.15, 0.2) is 0 Å². The Morgan fingerprint density at radius 3 is 2.35 bits per heavy atom. The van der Waals surface area contributed by atoms with E-state index in [1.54, 1.807) is 0 Å². The molecule has 0 spiro atoms. The summed E-state index contributed by atoms with van der Waals surface area (Å²) >= 11 is 0. The summed E-state index contributed by atoms with van der Waals surface area (Å²) in [5.74, 6) is 0.0656. The second-order valence-corrected chi connectivity index (χ2v) is 6.44. The minimum absolute atomic E-state index is 0.0656. The van der Waals surface area contributed by atoms with Crippen LogP contribution in [0.25, 0.3) is 0 Å². The predicted molar refractivity (Wildman–Crippen MR) is 82.1 cm³/mol. The van der Waals surface area contributed by atoms with Gasteiger partial charge >= 0.3 is 0 Å². The van der Waals surface area contributed by atoms with Crippen molar-refractivity contribution in [2.24, 2.45) is 11.1 Å². The van der Waals surface area contributed by atoms with Crippen LogP contribution in [0.4, 0.5) is 0 Å². The number of carbonyl (C=O) groups excluding carboxylic acids is 1. The van der Waals surface area contributed by atoms with E-state index in [1.165, 1.54) is 0 Å². The Bertz CT molecular complexity index is 475. The van der Waals surface area contributed by atoms with Gasteiger partial charge in [-0.1, -0.05) is 6.07 Å². The first-order chi connectivity index (χ1) is 9.09. The molecule has 0 aliphatic carbocycles. The molecule has 2 N–H and O–H groups in total. The van der Waals surface area contributed by atoms with Gasteiger partial charge in [0.2, 0.25) is 5.91 Å². The van der Waals surface area contributed by atoms with E-state index in [1.807, 2.05) is 64.6 Å². The number of rotatable bonds is 5. The highest BCUT2D eigenvalue weighted by Gasteiger charge is 2.42. The molecule has 1 amide bonds. The lowest BCUT2D eigenvalue weighted by atomic mass is 9.74. The minimum atomic E-state index is -0.618. The molecule has 0 atom stereocenters. The summed E-state index contributed by atoms with van der Waals surface area (Å²) in [6.07, 6.45) is 0. The van der Waals surface area contributed by atoms with Gasteiger partial charge in [-0.05, 0) is 53.7 Å². The monoisotopic (exact) mass is 277 g/mol. The Morgan fingerprint density at radius 2 is 1.90 bits per heavy atom. The fourth-order valence-electron chi connectivity index (χ4n) is 1.88. The van der Waals surface area contributed by atoms with Crippen molar-refractivity contribution in [1.29, 1.82) is 0 Å². The molecule has 0 bridgehead atoms. The average Bonchev–Trinajstić information content (AvgIpc) is 2.33. The fourth-order valence-corrected chi connectivity index (χ4v) is 1.88. The molecule has 4 nitrogen and oxygen atoms in total. The lowest BCUT2D eigenvalue weighted by Gasteiger charge is -2.40. The molecule has 0 unspecified atom stereocenters. The maximum Gasteiger partial charge on any atom is 0.230 e. The van der Waals surface area contributed by atoms with Gasteiger partial charge in [-0.3, -0.25) is 9.78 Å². The maximum atomic E-state index is 12.8. The van der Waals surface area contributed by atoms with Crippen LogP contribution in [0.1, 0.15) is 46.0 Å². The zero-order chi connectivity index (χ0) is 15.6. The number of hydrogen-bond donors (Lipinski definition) is 1. The molecule has 0 fully saturated rings. The summed E-state index contributed by atoms with van der Waals surface area (Å²) in [4.78, 5) is 19.0. The van der Waals surface area contributed by atoms with E-state index in [0.29, 0.717) is 13.1 Å². The Labute approximate surface area is 122 Å². The maximum absolute atomic E-state index is 12.8. The summed E-state index contributed by atoms with van der Waals surface area (Å²) in [6, 6.07) is 5.87. The van der Waals surface area contributed by atoms with Crippen LogP contribution in [0, 0.1) is 12.3 Å². The van der Waals surface area contributed by atoms with Gasteiger partial charge in [0.25, 0.3) is 0 Å². The highest BCUT2D eigenvalue weighted by molar-refractivity contribution is 5.83. The Hall–Kier alpha value is -1.42. The first kappa shape index (κ1) is 16.6. The van der Waals surface area contributed by atoms with Crippen LogP contribution in [0.5, 0.6) is 0 Å². The van der Waals surface area contributed by atoms with Crippen molar-refractivity contribution in [3.8, 4) is 0 Å². The van der Waals surface area contributed by atoms with Gasteiger partial charge in [0, 0.05) is 17.8 Å². The molecule has 1 rings (SSSR count). The Morgan fingerprint density at radius 1 is 1.30 bits per heavy atom. The molecule has 0 aliphatic heterocycles. The van der Waals surface area contributed by atoms with Crippen molar-refractivity contribution in [2.45, 2.75) is 53.6 Å². The molecule has 0 saturated heterocycles. The molecular weight excluding hydrogens is 250 g/mol. The van der Waals surface area contributed by atoms with E-state index in [9.17, 15) is 4.79 Å². The molecule has 112 valence electrons. The van der Waals surface area contributed by atoms with Crippen LogP contribution in [0.15, 0.2) is 18.2 Å². The number of aryl methyl sites for hydroxylation is 1. The van der Waals surface area contributed by atoms with Crippen molar-refractivity contribution < 1.29 is 4.79 Å². The van der Waals surface area contributed by atoms with Crippen LogP contribution >= 0.6 is 0 Å². The quantitative estimate of drug-likeness (QED) is 0.899. The van der Waals surface area contributed by atoms with E-state index in [4.69, 9.17) is 5.73 Å². The number of nitrogens with two attached hydrogens (primary N) is 1. The number of amides is 1. The summed E-state index contributed by atoms with van der Waals surface area (Å²) < 4.78 is 0. The van der Waals surface area contributed by atoms with Gasteiger partial charge < -0.3 is 10.6 Å². The van der Waals surface area contributed by atoms with Crippen molar-refractivity contribution in [3.05, 3.63) is 29.6 Å². The molecule has 0 saturated carbocycles. The third-order valence-electron chi connectivity index (χ3n) is 4.11. The molecular formula is C16H27N3O. The lowest BCUT2D eigenvalue weighted by molar-refractivity contribution is -0.144. The van der Waals surface area contributed by atoms with Gasteiger partial charge in [-0.15, -0.1) is 0 Å². The van der Waals surface area contributed by atoms with Crippen LogP contribution in [-0.2, 0) is 11.3 Å². The molecule has 20 heavy (non-hydrogen) atoms. The number of pyridine rings is 1. The van der Waals surface area contributed by atoms with Crippen molar-refractivity contribution in [1.82, 2.24) is 9.88 Å². The number of hydrogen-bond acceptors (Lipinski definition) is 3. The average molecular weight is 277 g/mol. The van der Waals surface area contributed by atoms with E-state index in [2.05, 4.69) is 4.98 Å². The first-order valence-electron chi connectivity index (χ1n) is 7.10. The normalized spacial score (nSPS) is 12.3. The second-order valence-electron chi connectivity index (χ2n) is 6.44. The van der Waals surface area contributed by atoms with Gasteiger partial charge in [-0.25, -0.2) is 0 Å². The number of aromatic nitrogens is 1. The van der Waals surface area contributed by atoms with Crippen LogP contribution < -0.4 is 5.73 Å². The Kier molecular flexibility index (Phi) is 4.92.